The largest absolute Gasteiger partial charge is 0.416 e. The van der Waals surface area contributed by atoms with Gasteiger partial charge in [0.15, 0.2) is 0 Å². The van der Waals surface area contributed by atoms with Gasteiger partial charge >= 0.3 is 6.18 Å². The highest BCUT2D eigenvalue weighted by molar-refractivity contribution is 5.33. The van der Waals surface area contributed by atoms with Crippen molar-refractivity contribution in [3.8, 4) is 0 Å². The summed E-state index contributed by atoms with van der Waals surface area (Å²) in [5.41, 5.74) is 5.88. The van der Waals surface area contributed by atoms with Gasteiger partial charge in [-0.1, -0.05) is 44.9 Å². The zero-order chi connectivity index (χ0) is 15.7. The molecule has 1 unspecified atom stereocenters. The van der Waals surface area contributed by atoms with E-state index in [4.69, 9.17) is 5.73 Å². The predicted octanol–water partition coefficient (Wildman–Crippen LogP) is 5.31. The van der Waals surface area contributed by atoms with E-state index in [1.807, 2.05) is 0 Å². The summed E-state index contributed by atoms with van der Waals surface area (Å²) in [6, 6.07) is 5.24. The lowest BCUT2D eigenvalue weighted by atomic mass is 9.70. The molecule has 2 N–H and O–H groups in total. The molecule has 1 fully saturated rings. The zero-order valence-corrected chi connectivity index (χ0v) is 12.7. The number of hydrogen-bond donors (Lipinski definition) is 1. The fourth-order valence-corrected chi connectivity index (χ4v) is 3.89. The molecule has 1 atom stereocenters. The first-order chi connectivity index (χ1) is 9.76. The first kappa shape index (κ1) is 16.3. The van der Waals surface area contributed by atoms with Crippen molar-refractivity contribution >= 4 is 0 Å². The van der Waals surface area contributed by atoms with Crippen LogP contribution in [0, 0.1) is 11.3 Å². The lowest BCUT2D eigenvalue weighted by Gasteiger charge is -2.38. The van der Waals surface area contributed by atoms with Crippen LogP contribution in [0.25, 0.3) is 0 Å². The molecule has 1 aromatic carbocycles. The van der Waals surface area contributed by atoms with E-state index >= 15 is 0 Å². The molecule has 1 aliphatic rings. The van der Waals surface area contributed by atoms with Crippen molar-refractivity contribution in [1.82, 2.24) is 0 Å². The molecule has 0 spiro atoms. The second kappa shape index (κ2) is 5.99. The molecule has 4 heteroatoms. The monoisotopic (exact) mass is 299 g/mol. The van der Waals surface area contributed by atoms with Crippen molar-refractivity contribution in [3.05, 3.63) is 35.4 Å². The fourth-order valence-electron chi connectivity index (χ4n) is 3.89. The van der Waals surface area contributed by atoms with Crippen molar-refractivity contribution in [3.63, 3.8) is 0 Å². The smallest absolute Gasteiger partial charge is 0.323 e. The van der Waals surface area contributed by atoms with Gasteiger partial charge < -0.3 is 5.73 Å². The number of alkyl halides is 3. The van der Waals surface area contributed by atoms with Crippen LogP contribution in [0.3, 0.4) is 0 Å². The SMILES string of the molecule is CC(C)CC1(C(N)c2ccccc2C(F)(F)F)CCCC1. The maximum atomic E-state index is 13.2. The van der Waals surface area contributed by atoms with Crippen molar-refractivity contribution < 1.29 is 13.2 Å². The molecule has 0 saturated heterocycles. The Bertz CT molecular complexity index is 473. The summed E-state index contributed by atoms with van der Waals surface area (Å²) in [4.78, 5) is 0. The van der Waals surface area contributed by atoms with Crippen molar-refractivity contribution in [2.24, 2.45) is 17.1 Å². The molecule has 0 aromatic heterocycles. The summed E-state index contributed by atoms with van der Waals surface area (Å²) in [6.45, 7) is 4.23. The van der Waals surface area contributed by atoms with Gasteiger partial charge in [-0.3, -0.25) is 0 Å². The van der Waals surface area contributed by atoms with Gasteiger partial charge in [-0.15, -0.1) is 0 Å². The fraction of sp³-hybridized carbons (Fsp3) is 0.647. The van der Waals surface area contributed by atoms with E-state index in [-0.39, 0.29) is 11.0 Å². The second-order valence-corrected chi connectivity index (χ2v) is 6.73. The third-order valence-corrected chi connectivity index (χ3v) is 4.68. The Morgan fingerprint density at radius 3 is 2.24 bits per heavy atom. The first-order valence-electron chi connectivity index (χ1n) is 7.68. The maximum absolute atomic E-state index is 13.2. The van der Waals surface area contributed by atoms with Crippen molar-refractivity contribution in [2.75, 3.05) is 0 Å². The molecule has 21 heavy (non-hydrogen) atoms. The second-order valence-electron chi connectivity index (χ2n) is 6.73. The molecule has 118 valence electrons. The third kappa shape index (κ3) is 3.42. The van der Waals surface area contributed by atoms with E-state index in [1.165, 1.54) is 6.07 Å². The number of nitrogens with two attached hydrogens (primary N) is 1. The molecule has 1 aliphatic carbocycles. The maximum Gasteiger partial charge on any atom is 0.416 e. The van der Waals surface area contributed by atoms with Crippen LogP contribution >= 0.6 is 0 Å². The minimum atomic E-state index is -4.34. The highest BCUT2D eigenvalue weighted by Gasteiger charge is 2.44. The summed E-state index contributed by atoms with van der Waals surface area (Å²) in [6.07, 6.45) is 0.534. The molecule has 0 amide bonds. The third-order valence-electron chi connectivity index (χ3n) is 4.68. The van der Waals surface area contributed by atoms with E-state index in [0.29, 0.717) is 5.92 Å². The van der Waals surface area contributed by atoms with Crippen LogP contribution in [0.15, 0.2) is 24.3 Å². The average molecular weight is 299 g/mol. The van der Waals surface area contributed by atoms with Crippen LogP contribution in [0.2, 0.25) is 0 Å². The summed E-state index contributed by atoms with van der Waals surface area (Å²) < 4.78 is 39.7. The van der Waals surface area contributed by atoms with Gasteiger partial charge in [-0.25, -0.2) is 0 Å². The van der Waals surface area contributed by atoms with Crippen LogP contribution in [0.4, 0.5) is 13.2 Å². The minimum absolute atomic E-state index is 0.185. The quantitative estimate of drug-likeness (QED) is 0.801. The first-order valence-corrected chi connectivity index (χ1v) is 7.68. The van der Waals surface area contributed by atoms with Gasteiger partial charge in [-0.2, -0.15) is 13.2 Å². The van der Waals surface area contributed by atoms with Gasteiger partial charge in [0, 0.05) is 6.04 Å². The topological polar surface area (TPSA) is 26.0 Å². The molecule has 1 aromatic rings. The number of hydrogen-bond acceptors (Lipinski definition) is 1. The van der Waals surface area contributed by atoms with Crippen LogP contribution in [0.5, 0.6) is 0 Å². The van der Waals surface area contributed by atoms with Crippen LogP contribution < -0.4 is 5.73 Å². The van der Waals surface area contributed by atoms with Crippen LogP contribution in [-0.4, -0.2) is 0 Å². The normalized spacial score (nSPS) is 20.0. The summed E-state index contributed by atoms with van der Waals surface area (Å²) in [7, 11) is 0. The zero-order valence-electron chi connectivity index (χ0n) is 12.7. The minimum Gasteiger partial charge on any atom is -0.323 e. The Kier molecular flexibility index (Phi) is 4.66. The van der Waals surface area contributed by atoms with Crippen molar-refractivity contribution in [1.29, 1.82) is 0 Å². The Morgan fingerprint density at radius 2 is 1.71 bits per heavy atom. The van der Waals surface area contributed by atoms with E-state index in [0.717, 1.165) is 38.2 Å². The molecule has 1 nitrogen and oxygen atoms in total. The predicted molar refractivity (Wildman–Crippen MR) is 78.7 cm³/mol. The van der Waals surface area contributed by atoms with E-state index < -0.39 is 17.8 Å². The standard InChI is InChI=1S/C17H24F3N/c1-12(2)11-16(9-5-6-10-16)15(21)13-7-3-4-8-14(13)17(18,19)20/h3-4,7-8,12,15H,5-6,9-11,21H2,1-2H3. The Morgan fingerprint density at radius 1 is 1.14 bits per heavy atom. The summed E-state index contributed by atoms with van der Waals surface area (Å²) in [5, 5.41) is 0. The van der Waals surface area contributed by atoms with Gasteiger partial charge in [0.2, 0.25) is 0 Å². The molecule has 1 saturated carbocycles. The van der Waals surface area contributed by atoms with E-state index in [9.17, 15) is 13.2 Å². The van der Waals surface area contributed by atoms with Gasteiger partial charge in [0.1, 0.15) is 0 Å². The molecule has 0 bridgehead atoms. The van der Waals surface area contributed by atoms with Crippen LogP contribution in [0.1, 0.15) is 63.1 Å². The van der Waals surface area contributed by atoms with Gasteiger partial charge in [0.05, 0.1) is 5.56 Å². The molecule has 2 rings (SSSR count). The number of rotatable bonds is 4. The van der Waals surface area contributed by atoms with E-state index in [2.05, 4.69) is 13.8 Å². The van der Waals surface area contributed by atoms with Crippen molar-refractivity contribution in [2.45, 2.75) is 58.2 Å². The Hall–Kier alpha value is -1.03. The van der Waals surface area contributed by atoms with Gasteiger partial charge in [0.25, 0.3) is 0 Å². The highest BCUT2D eigenvalue weighted by atomic mass is 19.4. The van der Waals surface area contributed by atoms with Crippen LogP contribution in [-0.2, 0) is 6.18 Å². The number of benzene rings is 1. The summed E-state index contributed by atoms with van der Waals surface area (Å²) in [5.74, 6) is 0.437. The Balaban J connectivity index is 2.40. The molecule has 0 radical (unpaired) electrons. The number of halogens is 3. The lowest BCUT2D eigenvalue weighted by molar-refractivity contribution is -0.138. The van der Waals surface area contributed by atoms with Gasteiger partial charge in [-0.05, 0) is 42.2 Å². The highest BCUT2D eigenvalue weighted by Crippen LogP contribution is 2.52. The Labute approximate surface area is 124 Å². The lowest BCUT2D eigenvalue weighted by Crippen LogP contribution is -2.35. The molecular formula is C17H24F3N. The molecule has 0 heterocycles. The molecular weight excluding hydrogens is 275 g/mol. The summed E-state index contributed by atoms with van der Waals surface area (Å²) >= 11 is 0. The average Bonchev–Trinajstić information content (AvgIpc) is 2.85. The van der Waals surface area contributed by atoms with E-state index in [1.54, 1.807) is 12.1 Å². The molecule has 0 aliphatic heterocycles.